The lowest BCUT2D eigenvalue weighted by molar-refractivity contribution is 0.0617. The van der Waals surface area contributed by atoms with Crippen LogP contribution in [0, 0.1) is 0 Å². The van der Waals surface area contributed by atoms with Gasteiger partial charge in [0.2, 0.25) is 6.79 Å². The van der Waals surface area contributed by atoms with E-state index in [9.17, 15) is 5.11 Å². The van der Waals surface area contributed by atoms with Crippen LogP contribution in [0.25, 0.3) is 11.1 Å². The molecule has 0 spiro atoms. The largest absolute Gasteiger partial charge is 0.491 e. The summed E-state index contributed by atoms with van der Waals surface area (Å²) in [6.07, 6.45) is 4.12. The molecule has 0 saturated carbocycles. The number of nitrogens with zero attached hydrogens (tertiary/aromatic N) is 1. The minimum atomic E-state index is -0.486. The van der Waals surface area contributed by atoms with Crippen LogP contribution in [-0.4, -0.2) is 49.1 Å². The topological polar surface area (TPSA) is 51.2 Å². The maximum Gasteiger partial charge on any atom is 0.231 e. The predicted octanol–water partition coefficient (Wildman–Crippen LogP) is 6.01. The Hall–Kier alpha value is -3.28. The number of aliphatic hydroxyl groups excluding tert-OH is 1. The van der Waals surface area contributed by atoms with E-state index in [1.165, 1.54) is 30.4 Å². The van der Waals surface area contributed by atoms with Crippen molar-refractivity contribution in [3.63, 3.8) is 0 Å². The number of benzene rings is 3. The second kappa shape index (κ2) is 11.6. The predicted molar refractivity (Wildman–Crippen MR) is 143 cm³/mol. The van der Waals surface area contributed by atoms with Gasteiger partial charge in [-0.25, -0.2) is 0 Å². The summed E-state index contributed by atoms with van der Waals surface area (Å²) in [5, 5.41) is 10.5. The molecule has 5 heteroatoms. The third-order valence-corrected chi connectivity index (χ3v) is 6.94. The van der Waals surface area contributed by atoms with Gasteiger partial charge < -0.3 is 24.2 Å². The quantitative estimate of drug-likeness (QED) is 0.376. The summed E-state index contributed by atoms with van der Waals surface area (Å²) in [6, 6.07) is 24.9. The van der Waals surface area contributed by atoms with Gasteiger partial charge in [0, 0.05) is 6.54 Å². The smallest absolute Gasteiger partial charge is 0.231 e. The molecule has 1 saturated heterocycles. The molecule has 1 fully saturated rings. The number of rotatable bonds is 9. The van der Waals surface area contributed by atoms with Crippen molar-refractivity contribution in [2.75, 3.05) is 33.0 Å². The van der Waals surface area contributed by atoms with Crippen LogP contribution in [0.1, 0.15) is 49.3 Å². The molecule has 0 aliphatic carbocycles. The molecule has 1 unspecified atom stereocenters. The van der Waals surface area contributed by atoms with Gasteiger partial charge in [0.25, 0.3) is 0 Å². The van der Waals surface area contributed by atoms with E-state index < -0.39 is 6.10 Å². The van der Waals surface area contributed by atoms with Crippen molar-refractivity contribution in [1.82, 2.24) is 4.90 Å². The summed E-state index contributed by atoms with van der Waals surface area (Å²) in [5.74, 6) is 2.35. The van der Waals surface area contributed by atoms with Gasteiger partial charge in [-0.2, -0.15) is 0 Å². The monoisotopic (exact) mass is 485 g/mol. The molecule has 0 amide bonds. The van der Waals surface area contributed by atoms with Crippen LogP contribution in [0.4, 0.5) is 0 Å². The Morgan fingerprint density at radius 1 is 0.861 bits per heavy atom. The number of hydrogen-bond donors (Lipinski definition) is 1. The van der Waals surface area contributed by atoms with Crippen molar-refractivity contribution in [3.05, 3.63) is 89.5 Å². The Kier molecular flexibility index (Phi) is 7.89. The van der Waals surface area contributed by atoms with Gasteiger partial charge in [-0.1, -0.05) is 61.9 Å². The van der Waals surface area contributed by atoms with E-state index in [1.807, 2.05) is 24.3 Å². The second-order valence-corrected chi connectivity index (χ2v) is 9.49. The molecule has 5 nitrogen and oxygen atoms in total. The van der Waals surface area contributed by atoms with E-state index in [1.54, 1.807) is 0 Å². The van der Waals surface area contributed by atoms with E-state index in [4.69, 9.17) is 14.2 Å². The summed E-state index contributed by atoms with van der Waals surface area (Å²) in [5.41, 5.74) is 5.84. The Labute approximate surface area is 213 Å². The van der Waals surface area contributed by atoms with Crippen LogP contribution < -0.4 is 14.2 Å². The molecule has 5 rings (SSSR count). The number of piperidine rings is 1. The SMILES string of the molecule is CC/C(=C(\c1ccccc1)c1ccc(OCC(O)CN2CCCCC2)cc1)c1ccc2c(c1)OCO2. The van der Waals surface area contributed by atoms with Crippen molar-refractivity contribution in [1.29, 1.82) is 0 Å². The van der Waals surface area contributed by atoms with Crippen LogP contribution in [0.5, 0.6) is 17.2 Å². The third-order valence-electron chi connectivity index (χ3n) is 6.94. The molecule has 0 aromatic heterocycles. The molecule has 3 aromatic rings. The van der Waals surface area contributed by atoms with Crippen molar-refractivity contribution < 1.29 is 19.3 Å². The van der Waals surface area contributed by atoms with E-state index >= 15 is 0 Å². The number of hydrogen-bond acceptors (Lipinski definition) is 5. The Balaban J connectivity index is 1.37. The van der Waals surface area contributed by atoms with Gasteiger partial charge in [-0.05, 0) is 84.5 Å². The fourth-order valence-electron chi connectivity index (χ4n) is 5.13. The summed E-state index contributed by atoms with van der Waals surface area (Å²) in [7, 11) is 0. The first-order chi connectivity index (χ1) is 17.7. The number of ether oxygens (including phenoxy) is 3. The Morgan fingerprint density at radius 3 is 2.31 bits per heavy atom. The van der Waals surface area contributed by atoms with Gasteiger partial charge >= 0.3 is 0 Å². The van der Waals surface area contributed by atoms with Crippen LogP contribution in [0.3, 0.4) is 0 Å². The van der Waals surface area contributed by atoms with Crippen LogP contribution in [0.15, 0.2) is 72.8 Å². The Bertz CT molecular complexity index is 1170. The highest BCUT2D eigenvalue weighted by atomic mass is 16.7. The molecule has 0 bridgehead atoms. The minimum absolute atomic E-state index is 0.268. The number of allylic oxidation sites excluding steroid dienone is 1. The van der Waals surface area contributed by atoms with Gasteiger partial charge in [-0.3, -0.25) is 0 Å². The number of fused-ring (bicyclic) bond motifs is 1. The van der Waals surface area contributed by atoms with E-state index in [-0.39, 0.29) is 6.79 Å². The van der Waals surface area contributed by atoms with Crippen LogP contribution in [-0.2, 0) is 0 Å². The molecule has 0 radical (unpaired) electrons. The summed E-state index contributed by atoms with van der Waals surface area (Å²) in [4.78, 5) is 2.33. The number of aliphatic hydroxyl groups is 1. The fraction of sp³-hybridized carbons (Fsp3) is 0.355. The Morgan fingerprint density at radius 2 is 1.56 bits per heavy atom. The summed E-state index contributed by atoms with van der Waals surface area (Å²) in [6.45, 7) is 5.57. The molecule has 2 aliphatic heterocycles. The van der Waals surface area contributed by atoms with E-state index in [0.29, 0.717) is 13.2 Å². The minimum Gasteiger partial charge on any atom is -0.491 e. The molecule has 1 N–H and O–H groups in total. The highest BCUT2D eigenvalue weighted by Crippen LogP contribution is 2.39. The molecule has 36 heavy (non-hydrogen) atoms. The molecule has 3 aromatic carbocycles. The van der Waals surface area contributed by atoms with Gasteiger partial charge in [0.05, 0.1) is 0 Å². The maximum atomic E-state index is 10.5. The number of β-amino-alcohol motifs (C(OH)–C–C–N with tert-alkyl or cyclic N) is 1. The molecule has 188 valence electrons. The fourth-order valence-corrected chi connectivity index (χ4v) is 5.13. The highest BCUT2D eigenvalue weighted by molar-refractivity contribution is 5.98. The van der Waals surface area contributed by atoms with Crippen molar-refractivity contribution in [2.45, 2.75) is 38.7 Å². The zero-order valence-corrected chi connectivity index (χ0v) is 21.0. The average molecular weight is 486 g/mol. The average Bonchev–Trinajstić information content (AvgIpc) is 3.40. The number of likely N-dealkylation sites (tertiary alicyclic amines) is 1. The first-order valence-corrected chi connectivity index (χ1v) is 13.0. The zero-order valence-electron chi connectivity index (χ0n) is 21.0. The summed E-state index contributed by atoms with van der Waals surface area (Å²) < 4.78 is 17.1. The first kappa shape index (κ1) is 24.4. The van der Waals surface area contributed by atoms with E-state index in [0.717, 1.165) is 53.4 Å². The molecule has 2 aliphatic rings. The molecule has 2 heterocycles. The first-order valence-electron chi connectivity index (χ1n) is 13.0. The van der Waals surface area contributed by atoms with Crippen LogP contribution in [0.2, 0.25) is 0 Å². The molecular formula is C31H35NO4. The lowest BCUT2D eigenvalue weighted by Gasteiger charge is -2.28. The van der Waals surface area contributed by atoms with Crippen molar-refractivity contribution in [3.8, 4) is 17.2 Å². The second-order valence-electron chi connectivity index (χ2n) is 9.49. The lowest BCUT2D eigenvalue weighted by atomic mass is 9.88. The lowest BCUT2D eigenvalue weighted by Crippen LogP contribution is -2.38. The van der Waals surface area contributed by atoms with Crippen molar-refractivity contribution >= 4 is 11.1 Å². The molecular weight excluding hydrogens is 450 g/mol. The van der Waals surface area contributed by atoms with Crippen LogP contribution >= 0.6 is 0 Å². The van der Waals surface area contributed by atoms with Gasteiger partial charge in [0.15, 0.2) is 11.5 Å². The maximum absolute atomic E-state index is 10.5. The zero-order chi connectivity index (χ0) is 24.7. The standard InChI is InChI=1S/C31H35NO4/c1-2-28(25-13-16-29-30(19-25)36-22-35-29)31(23-9-5-3-6-10-23)24-11-14-27(15-12-24)34-21-26(33)20-32-17-7-4-8-18-32/h3,5-6,9-16,19,26,33H,2,4,7-8,17-18,20-22H2,1H3/b31-28-. The summed E-state index contributed by atoms with van der Waals surface area (Å²) >= 11 is 0. The third kappa shape index (κ3) is 5.75. The van der Waals surface area contributed by atoms with Crippen molar-refractivity contribution in [2.24, 2.45) is 0 Å². The highest BCUT2D eigenvalue weighted by Gasteiger charge is 2.18. The normalized spacial score (nSPS) is 16.9. The van der Waals surface area contributed by atoms with Gasteiger partial charge in [-0.15, -0.1) is 0 Å². The van der Waals surface area contributed by atoms with E-state index in [2.05, 4.69) is 60.4 Å². The van der Waals surface area contributed by atoms with Gasteiger partial charge in [0.1, 0.15) is 18.5 Å². The molecule has 1 atom stereocenters.